The first-order chi connectivity index (χ1) is 9.04. The Morgan fingerprint density at radius 3 is 2.53 bits per heavy atom. The Morgan fingerprint density at radius 2 is 1.84 bits per heavy atom. The van der Waals surface area contributed by atoms with Crippen molar-refractivity contribution in [1.29, 1.82) is 5.26 Å². The summed E-state index contributed by atoms with van der Waals surface area (Å²) in [6.45, 7) is 0. The van der Waals surface area contributed by atoms with Crippen LogP contribution in [0.15, 0.2) is 34.8 Å². The molecule has 0 saturated heterocycles. The number of rotatable bonds is 2. The average molecular weight is 357 g/mol. The summed E-state index contributed by atoms with van der Waals surface area (Å²) in [5, 5.41) is 12.8. The predicted molar refractivity (Wildman–Crippen MR) is 83.0 cm³/mol. The number of nitriles is 1. The topological polar surface area (TPSA) is 61.8 Å². The number of nitrogens with zero attached hydrogens (tertiary/aromatic N) is 1. The summed E-state index contributed by atoms with van der Waals surface area (Å²) >= 11 is 15.5. The average Bonchev–Trinajstić information content (AvgIpc) is 2.41. The molecule has 3 N–H and O–H groups in total. The SMILES string of the molecule is N#Cc1cccc(Nc2ccc(Br)c(Cl)c2Cl)c1N. The quantitative estimate of drug-likeness (QED) is 0.590. The summed E-state index contributed by atoms with van der Waals surface area (Å²) in [7, 11) is 0. The molecule has 19 heavy (non-hydrogen) atoms. The van der Waals surface area contributed by atoms with Crippen molar-refractivity contribution in [2.24, 2.45) is 0 Å². The molecule has 0 aliphatic heterocycles. The van der Waals surface area contributed by atoms with Crippen LogP contribution in [-0.4, -0.2) is 0 Å². The minimum atomic E-state index is 0.375. The maximum atomic E-state index is 8.93. The second-order valence-electron chi connectivity index (χ2n) is 3.73. The highest BCUT2D eigenvalue weighted by molar-refractivity contribution is 9.10. The molecule has 0 aromatic heterocycles. The number of nitrogens with one attached hydrogen (secondary N) is 1. The molecule has 2 aromatic rings. The first-order valence-electron chi connectivity index (χ1n) is 5.23. The monoisotopic (exact) mass is 355 g/mol. The molecular weight excluding hydrogens is 349 g/mol. The summed E-state index contributed by atoms with van der Waals surface area (Å²) in [5.74, 6) is 0. The molecule has 0 bridgehead atoms. The van der Waals surface area contributed by atoms with Gasteiger partial charge in [0.05, 0.1) is 32.7 Å². The van der Waals surface area contributed by atoms with Crippen LogP contribution >= 0.6 is 39.1 Å². The van der Waals surface area contributed by atoms with E-state index in [0.717, 1.165) is 0 Å². The molecule has 0 aliphatic carbocycles. The van der Waals surface area contributed by atoms with Crippen LogP contribution in [-0.2, 0) is 0 Å². The van der Waals surface area contributed by atoms with Gasteiger partial charge in [0.1, 0.15) is 6.07 Å². The molecule has 3 nitrogen and oxygen atoms in total. The number of benzene rings is 2. The highest BCUT2D eigenvalue weighted by Crippen LogP contribution is 2.38. The van der Waals surface area contributed by atoms with E-state index in [1.165, 1.54) is 0 Å². The van der Waals surface area contributed by atoms with Gasteiger partial charge in [0, 0.05) is 4.47 Å². The van der Waals surface area contributed by atoms with Gasteiger partial charge in [0.15, 0.2) is 0 Å². The van der Waals surface area contributed by atoms with Crippen LogP contribution in [0.3, 0.4) is 0 Å². The number of anilines is 3. The van der Waals surface area contributed by atoms with Crippen molar-refractivity contribution in [2.45, 2.75) is 0 Å². The van der Waals surface area contributed by atoms with Crippen molar-refractivity contribution in [2.75, 3.05) is 11.1 Å². The van der Waals surface area contributed by atoms with Crippen LogP contribution in [0.2, 0.25) is 10.0 Å². The van der Waals surface area contributed by atoms with E-state index in [4.69, 9.17) is 34.2 Å². The van der Waals surface area contributed by atoms with Crippen LogP contribution in [0.5, 0.6) is 0 Å². The van der Waals surface area contributed by atoms with Gasteiger partial charge in [-0.1, -0.05) is 29.3 Å². The Hall–Kier alpha value is -1.41. The molecule has 2 aromatic carbocycles. The fraction of sp³-hybridized carbons (Fsp3) is 0. The van der Waals surface area contributed by atoms with Gasteiger partial charge in [-0.25, -0.2) is 0 Å². The molecule has 0 heterocycles. The molecule has 0 atom stereocenters. The lowest BCUT2D eigenvalue weighted by atomic mass is 10.1. The Morgan fingerprint density at radius 1 is 1.11 bits per heavy atom. The van der Waals surface area contributed by atoms with Crippen molar-refractivity contribution in [1.82, 2.24) is 0 Å². The van der Waals surface area contributed by atoms with Gasteiger partial charge >= 0.3 is 0 Å². The molecule has 0 fully saturated rings. The van der Waals surface area contributed by atoms with E-state index in [9.17, 15) is 0 Å². The smallest absolute Gasteiger partial charge is 0.101 e. The van der Waals surface area contributed by atoms with Crippen LogP contribution in [0.25, 0.3) is 0 Å². The van der Waals surface area contributed by atoms with E-state index in [-0.39, 0.29) is 0 Å². The largest absolute Gasteiger partial charge is 0.396 e. The number of hydrogen-bond acceptors (Lipinski definition) is 3. The fourth-order valence-electron chi connectivity index (χ4n) is 1.54. The Labute approximate surface area is 129 Å². The maximum absolute atomic E-state index is 8.93. The number of nitrogens with two attached hydrogens (primary N) is 1. The van der Waals surface area contributed by atoms with Gasteiger partial charge in [-0.05, 0) is 40.2 Å². The molecule has 96 valence electrons. The van der Waals surface area contributed by atoms with Crippen molar-refractivity contribution in [3.8, 4) is 6.07 Å². The number of para-hydroxylation sites is 1. The van der Waals surface area contributed by atoms with Gasteiger partial charge in [-0.3, -0.25) is 0 Å². The molecule has 0 saturated carbocycles. The summed E-state index contributed by atoms with van der Waals surface area (Å²) in [4.78, 5) is 0. The molecule has 0 spiro atoms. The molecule has 2 rings (SSSR count). The predicted octanol–water partition coefficient (Wildman–Crippen LogP) is 4.95. The van der Waals surface area contributed by atoms with Crippen LogP contribution in [0.4, 0.5) is 17.1 Å². The van der Waals surface area contributed by atoms with Crippen LogP contribution in [0.1, 0.15) is 5.56 Å². The Balaban J connectivity index is 2.43. The van der Waals surface area contributed by atoms with Gasteiger partial charge in [0.25, 0.3) is 0 Å². The zero-order valence-electron chi connectivity index (χ0n) is 9.55. The number of nitrogen functional groups attached to an aromatic ring is 1. The molecule has 0 unspecified atom stereocenters. The fourth-order valence-corrected chi connectivity index (χ4v) is 2.36. The molecule has 6 heteroatoms. The number of hydrogen-bond donors (Lipinski definition) is 2. The van der Waals surface area contributed by atoms with Crippen LogP contribution in [0, 0.1) is 11.3 Å². The van der Waals surface area contributed by atoms with Gasteiger partial charge < -0.3 is 11.1 Å². The highest BCUT2D eigenvalue weighted by Gasteiger charge is 2.10. The minimum Gasteiger partial charge on any atom is -0.396 e. The molecule has 0 aliphatic rings. The van der Waals surface area contributed by atoms with Crippen molar-refractivity contribution < 1.29 is 0 Å². The van der Waals surface area contributed by atoms with Gasteiger partial charge in [-0.2, -0.15) is 5.26 Å². The van der Waals surface area contributed by atoms with E-state index < -0.39 is 0 Å². The van der Waals surface area contributed by atoms with E-state index in [2.05, 4.69) is 21.2 Å². The Kier molecular flexibility index (Phi) is 4.20. The first-order valence-corrected chi connectivity index (χ1v) is 6.78. The normalized spacial score (nSPS) is 10.0. The number of halogens is 3. The third kappa shape index (κ3) is 2.79. The van der Waals surface area contributed by atoms with E-state index in [1.807, 2.05) is 6.07 Å². The van der Waals surface area contributed by atoms with Crippen molar-refractivity contribution >= 4 is 56.2 Å². The second kappa shape index (κ2) is 5.70. The lowest BCUT2D eigenvalue weighted by Crippen LogP contribution is -1.99. The van der Waals surface area contributed by atoms with Gasteiger partial charge in [-0.15, -0.1) is 0 Å². The summed E-state index contributed by atoms with van der Waals surface area (Å²) < 4.78 is 0.712. The van der Waals surface area contributed by atoms with E-state index >= 15 is 0 Å². The highest BCUT2D eigenvalue weighted by atomic mass is 79.9. The maximum Gasteiger partial charge on any atom is 0.101 e. The van der Waals surface area contributed by atoms with Crippen molar-refractivity contribution in [3.05, 3.63) is 50.4 Å². The minimum absolute atomic E-state index is 0.375. The zero-order chi connectivity index (χ0) is 14.0. The molecule has 0 amide bonds. The second-order valence-corrected chi connectivity index (χ2v) is 5.34. The molecular formula is C13H8BrCl2N3. The summed E-state index contributed by atoms with van der Waals surface area (Å²) in [5.41, 5.74) is 7.90. The van der Waals surface area contributed by atoms with Crippen molar-refractivity contribution in [3.63, 3.8) is 0 Å². The standard InChI is InChI=1S/C13H8BrCl2N3/c14-8-4-5-9(12(16)11(8)15)19-10-3-1-2-7(6-17)13(10)18/h1-5,19H,18H2. The summed E-state index contributed by atoms with van der Waals surface area (Å²) in [6, 6.07) is 10.7. The third-order valence-corrected chi connectivity index (χ3v) is 4.30. The van der Waals surface area contributed by atoms with Crippen LogP contribution < -0.4 is 11.1 Å². The van der Waals surface area contributed by atoms with Gasteiger partial charge in [0.2, 0.25) is 0 Å². The lowest BCUT2D eigenvalue weighted by Gasteiger charge is -2.12. The molecule has 0 radical (unpaired) electrons. The third-order valence-electron chi connectivity index (χ3n) is 2.53. The van der Waals surface area contributed by atoms with E-state index in [0.29, 0.717) is 37.1 Å². The Bertz CT molecular complexity index is 680. The zero-order valence-corrected chi connectivity index (χ0v) is 12.6. The van der Waals surface area contributed by atoms with E-state index in [1.54, 1.807) is 30.3 Å². The lowest BCUT2D eigenvalue weighted by molar-refractivity contribution is 1.47. The first kappa shape index (κ1) is 14.0. The summed E-state index contributed by atoms with van der Waals surface area (Å²) in [6.07, 6.45) is 0.